The predicted octanol–water partition coefficient (Wildman–Crippen LogP) is 1.16. The topological polar surface area (TPSA) is 23.5 Å². The number of aliphatic hydroxyl groups is 1. The standard InChI is InChI=1S/C10H17NO/c12-10-6-2-1-5-9(10)11-7-3-4-8-11/h2,6,9-10,12H,1,3-5,7-8H2/t9-,10-/m1/s1. The van der Waals surface area contributed by atoms with Gasteiger partial charge in [0, 0.05) is 6.04 Å². The molecule has 0 spiro atoms. The van der Waals surface area contributed by atoms with Crippen LogP contribution in [0.25, 0.3) is 0 Å². The Labute approximate surface area is 73.9 Å². The third-order valence-corrected chi connectivity index (χ3v) is 2.97. The van der Waals surface area contributed by atoms with Crippen molar-refractivity contribution >= 4 is 0 Å². The lowest BCUT2D eigenvalue weighted by Crippen LogP contribution is -2.42. The van der Waals surface area contributed by atoms with Crippen LogP contribution in [0.4, 0.5) is 0 Å². The van der Waals surface area contributed by atoms with Crippen molar-refractivity contribution in [1.29, 1.82) is 0 Å². The first-order valence-electron chi connectivity index (χ1n) is 4.97. The number of aliphatic hydroxyl groups excluding tert-OH is 1. The van der Waals surface area contributed by atoms with Crippen molar-refractivity contribution in [1.82, 2.24) is 4.90 Å². The minimum absolute atomic E-state index is 0.211. The summed E-state index contributed by atoms with van der Waals surface area (Å²) in [5, 5.41) is 9.70. The van der Waals surface area contributed by atoms with Gasteiger partial charge in [0.15, 0.2) is 0 Å². The SMILES string of the molecule is O[C@@H]1C=CCC[C@H]1N1CCCC1. The molecule has 12 heavy (non-hydrogen) atoms. The van der Waals surface area contributed by atoms with Crippen molar-refractivity contribution < 1.29 is 5.11 Å². The van der Waals surface area contributed by atoms with Crippen molar-refractivity contribution in [3.8, 4) is 0 Å². The summed E-state index contributed by atoms with van der Waals surface area (Å²) in [7, 11) is 0. The summed E-state index contributed by atoms with van der Waals surface area (Å²) >= 11 is 0. The van der Waals surface area contributed by atoms with E-state index in [0.29, 0.717) is 6.04 Å². The summed E-state index contributed by atoms with van der Waals surface area (Å²) in [6.45, 7) is 2.38. The van der Waals surface area contributed by atoms with E-state index in [4.69, 9.17) is 0 Å². The maximum Gasteiger partial charge on any atom is 0.0876 e. The maximum atomic E-state index is 9.70. The van der Waals surface area contributed by atoms with Crippen molar-refractivity contribution in [3.63, 3.8) is 0 Å². The molecule has 1 heterocycles. The van der Waals surface area contributed by atoms with E-state index in [-0.39, 0.29) is 6.10 Å². The summed E-state index contributed by atoms with van der Waals surface area (Å²) in [6, 6.07) is 0.414. The molecule has 2 rings (SSSR count). The summed E-state index contributed by atoms with van der Waals surface area (Å²) in [4.78, 5) is 2.44. The molecule has 2 aliphatic rings. The average molecular weight is 167 g/mol. The first-order chi connectivity index (χ1) is 5.88. The molecule has 1 fully saturated rings. The summed E-state index contributed by atoms with van der Waals surface area (Å²) in [5.74, 6) is 0. The van der Waals surface area contributed by atoms with E-state index >= 15 is 0 Å². The van der Waals surface area contributed by atoms with Crippen LogP contribution in [0.2, 0.25) is 0 Å². The Morgan fingerprint density at radius 3 is 2.67 bits per heavy atom. The van der Waals surface area contributed by atoms with Gasteiger partial charge in [-0.3, -0.25) is 4.90 Å². The molecule has 0 aromatic carbocycles. The second kappa shape index (κ2) is 3.58. The maximum absolute atomic E-state index is 9.70. The Morgan fingerprint density at radius 2 is 2.00 bits per heavy atom. The van der Waals surface area contributed by atoms with Gasteiger partial charge in [-0.05, 0) is 38.8 Å². The Balaban J connectivity index is 1.97. The van der Waals surface area contributed by atoms with Crippen molar-refractivity contribution in [2.45, 2.75) is 37.8 Å². The third-order valence-electron chi connectivity index (χ3n) is 2.97. The Kier molecular flexibility index (Phi) is 2.47. The zero-order valence-corrected chi connectivity index (χ0v) is 7.45. The fourth-order valence-electron chi connectivity index (χ4n) is 2.27. The average Bonchev–Trinajstić information content (AvgIpc) is 2.57. The molecular formula is C10H17NO. The van der Waals surface area contributed by atoms with E-state index in [9.17, 15) is 5.11 Å². The van der Waals surface area contributed by atoms with E-state index in [2.05, 4.69) is 11.0 Å². The molecule has 1 aliphatic heterocycles. The van der Waals surface area contributed by atoms with Crippen molar-refractivity contribution in [2.75, 3.05) is 13.1 Å². The zero-order valence-electron chi connectivity index (χ0n) is 7.45. The van der Waals surface area contributed by atoms with Crippen LogP contribution < -0.4 is 0 Å². The molecular weight excluding hydrogens is 150 g/mol. The van der Waals surface area contributed by atoms with Gasteiger partial charge in [-0.15, -0.1) is 0 Å². The first-order valence-corrected chi connectivity index (χ1v) is 4.97. The van der Waals surface area contributed by atoms with Crippen LogP contribution in [0.15, 0.2) is 12.2 Å². The van der Waals surface area contributed by atoms with E-state index in [1.54, 1.807) is 0 Å². The molecule has 0 amide bonds. The predicted molar refractivity (Wildman–Crippen MR) is 49.0 cm³/mol. The van der Waals surface area contributed by atoms with E-state index in [1.807, 2.05) is 6.08 Å². The quantitative estimate of drug-likeness (QED) is 0.592. The smallest absolute Gasteiger partial charge is 0.0876 e. The highest BCUT2D eigenvalue weighted by Crippen LogP contribution is 2.21. The molecule has 1 aliphatic carbocycles. The molecule has 0 bridgehead atoms. The van der Waals surface area contributed by atoms with Gasteiger partial charge in [0.25, 0.3) is 0 Å². The number of allylic oxidation sites excluding steroid dienone is 1. The molecule has 0 saturated carbocycles. The first kappa shape index (κ1) is 8.27. The second-order valence-electron chi connectivity index (χ2n) is 3.81. The Morgan fingerprint density at radius 1 is 1.25 bits per heavy atom. The van der Waals surface area contributed by atoms with E-state index < -0.39 is 0 Å². The zero-order chi connectivity index (χ0) is 8.39. The summed E-state index contributed by atoms with van der Waals surface area (Å²) in [6.07, 6.45) is 8.73. The third kappa shape index (κ3) is 1.54. The molecule has 2 nitrogen and oxygen atoms in total. The molecule has 0 aromatic rings. The molecule has 2 atom stereocenters. The number of rotatable bonds is 1. The van der Waals surface area contributed by atoms with E-state index in [1.165, 1.54) is 25.9 Å². The van der Waals surface area contributed by atoms with Crippen LogP contribution in [0, 0.1) is 0 Å². The lowest BCUT2D eigenvalue weighted by molar-refractivity contribution is 0.0843. The minimum Gasteiger partial charge on any atom is -0.387 e. The highest BCUT2D eigenvalue weighted by molar-refractivity contribution is 5.01. The number of hydrogen-bond acceptors (Lipinski definition) is 2. The molecule has 1 N–H and O–H groups in total. The van der Waals surface area contributed by atoms with Gasteiger partial charge in [0.2, 0.25) is 0 Å². The molecule has 0 aromatic heterocycles. The molecule has 0 unspecified atom stereocenters. The van der Waals surface area contributed by atoms with Crippen molar-refractivity contribution in [2.24, 2.45) is 0 Å². The van der Waals surface area contributed by atoms with Crippen LogP contribution in [-0.2, 0) is 0 Å². The fourth-order valence-corrected chi connectivity index (χ4v) is 2.27. The second-order valence-corrected chi connectivity index (χ2v) is 3.81. The van der Waals surface area contributed by atoms with Gasteiger partial charge in [0.05, 0.1) is 6.10 Å². The van der Waals surface area contributed by atoms with Crippen molar-refractivity contribution in [3.05, 3.63) is 12.2 Å². The van der Waals surface area contributed by atoms with Gasteiger partial charge in [-0.1, -0.05) is 12.2 Å². The lowest BCUT2D eigenvalue weighted by Gasteiger charge is -2.32. The fraction of sp³-hybridized carbons (Fsp3) is 0.800. The number of hydrogen-bond donors (Lipinski definition) is 1. The normalized spacial score (nSPS) is 37.4. The van der Waals surface area contributed by atoms with Crippen LogP contribution in [0.5, 0.6) is 0 Å². The molecule has 68 valence electrons. The number of likely N-dealkylation sites (tertiary alicyclic amines) is 1. The van der Waals surface area contributed by atoms with Crippen LogP contribution >= 0.6 is 0 Å². The van der Waals surface area contributed by atoms with Gasteiger partial charge < -0.3 is 5.11 Å². The Bertz CT molecular complexity index is 173. The van der Waals surface area contributed by atoms with Crippen LogP contribution in [0.1, 0.15) is 25.7 Å². The van der Waals surface area contributed by atoms with Gasteiger partial charge in [-0.2, -0.15) is 0 Å². The highest BCUT2D eigenvalue weighted by atomic mass is 16.3. The summed E-state index contributed by atoms with van der Waals surface area (Å²) < 4.78 is 0. The molecule has 2 heteroatoms. The summed E-state index contributed by atoms with van der Waals surface area (Å²) in [5.41, 5.74) is 0. The van der Waals surface area contributed by atoms with Crippen LogP contribution in [0.3, 0.4) is 0 Å². The highest BCUT2D eigenvalue weighted by Gasteiger charge is 2.27. The largest absolute Gasteiger partial charge is 0.387 e. The van der Waals surface area contributed by atoms with Gasteiger partial charge >= 0.3 is 0 Å². The van der Waals surface area contributed by atoms with Gasteiger partial charge in [0.1, 0.15) is 0 Å². The number of nitrogens with zero attached hydrogens (tertiary/aromatic N) is 1. The monoisotopic (exact) mass is 167 g/mol. The van der Waals surface area contributed by atoms with E-state index in [0.717, 1.165) is 12.8 Å². The minimum atomic E-state index is -0.211. The van der Waals surface area contributed by atoms with Gasteiger partial charge in [-0.25, -0.2) is 0 Å². The molecule has 1 saturated heterocycles. The Hall–Kier alpha value is -0.340. The molecule has 0 radical (unpaired) electrons. The van der Waals surface area contributed by atoms with Crippen LogP contribution in [-0.4, -0.2) is 35.2 Å². The lowest BCUT2D eigenvalue weighted by atomic mass is 9.98.